The molecule has 0 spiro atoms. The van der Waals surface area contributed by atoms with Gasteiger partial charge in [-0.05, 0) is 75.1 Å². The second kappa shape index (κ2) is 10.8. The average Bonchev–Trinajstić information content (AvgIpc) is 3.03. The summed E-state index contributed by atoms with van der Waals surface area (Å²) in [7, 11) is 0. The summed E-state index contributed by atoms with van der Waals surface area (Å²) in [5.41, 5.74) is 0.569. The molecule has 0 radical (unpaired) electrons. The van der Waals surface area contributed by atoms with Crippen LogP contribution in [-0.4, -0.2) is 65.7 Å². The quantitative estimate of drug-likeness (QED) is 0.471. The number of piperidine rings is 1. The van der Waals surface area contributed by atoms with Crippen molar-refractivity contribution in [3.05, 3.63) is 58.7 Å². The fraction of sp³-hybridized carbons (Fsp3) is 0.600. The molecule has 202 valence electrons. The Balaban J connectivity index is 1.31. The van der Waals surface area contributed by atoms with Gasteiger partial charge in [0.2, 0.25) is 0 Å². The number of benzene rings is 1. The van der Waals surface area contributed by atoms with E-state index in [9.17, 15) is 10.2 Å². The zero-order valence-electron chi connectivity index (χ0n) is 21.9. The molecule has 0 saturated carbocycles. The number of hydrogen-bond acceptors (Lipinski definition) is 5. The number of rotatable bonds is 5. The van der Waals surface area contributed by atoms with Crippen LogP contribution in [0.2, 0.25) is 0 Å². The Morgan fingerprint density at radius 2 is 2.19 bits per heavy atom. The van der Waals surface area contributed by atoms with Crippen molar-refractivity contribution < 1.29 is 19.3 Å². The van der Waals surface area contributed by atoms with Gasteiger partial charge >= 0.3 is 0 Å². The molecule has 5 nitrogen and oxygen atoms in total. The first-order valence-corrected chi connectivity index (χ1v) is 14.1. The lowest BCUT2D eigenvalue weighted by molar-refractivity contribution is -0.101. The van der Waals surface area contributed by atoms with Gasteiger partial charge in [-0.25, -0.2) is 4.39 Å². The Morgan fingerprint density at radius 3 is 2.92 bits per heavy atom. The van der Waals surface area contributed by atoms with Gasteiger partial charge in [0.15, 0.2) is 0 Å². The summed E-state index contributed by atoms with van der Waals surface area (Å²) in [6.07, 6.45) is 10.8. The first-order chi connectivity index (χ1) is 17.6. The Bertz CT molecular complexity index is 1080. The molecule has 1 fully saturated rings. The molecule has 5 rings (SSSR count). The van der Waals surface area contributed by atoms with Gasteiger partial charge < -0.3 is 25.2 Å². The fourth-order valence-corrected chi connectivity index (χ4v) is 6.55. The van der Waals surface area contributed by atoms with Crippen LogP contribution in [0.3, 0.4) is 0 Å². The van der Waals surface area contributed by atoms with Gasteiger partial charge in [-0.3, -0.25) is 0 Å². The number of likely N-dealkylation sites (tertiary alicyclic amines) is 1. The summed E-state index contributed by atoms with van der Waals surface area (Å²) in [4.78, 5) is 2.18. The lowest BCUT2D eigenvalue weighted by Crippen LogP contribution is -2.56. The number of ether oxygens (including phenoxy) is 1. The molecule has 1 aliphatic carbocycles. The summed E-state index contributed by atoms with van der Waals surface area (Å²) in [6.45, 7) is 6.74. The van der Waals surface area contributed by atoms with Crippen molar-refractivity contribution in [2.75, 3.05) is 32.8 Å². The van der Waals surface area contributed by atoms with E-state index in [-0.39, 0.29) is 17.9 Å². The van der Waals surface area contributed by atoms with E-state index in [2.05, 4.69) is 34.5 Å². The Morgan fingerprint density at radius 1 is 1.35 bits per heavy atom. The maximum absolute atomic E-state index is 15.9. The van der Waals surface area contributed by atoms with E-state index in [1.807, 2.05) is 18.2 Å². The number of β-amino-alcohol motifs (C(OH)–C–C–N with tert-alkyl or cyclic N) is 1. The van der Waals surface area contributed by atoms with Gasteiger partial charge in [0.25, 0.3) is 0 Å². The molecule has 1 aromatic carbocycles. The summed E-state index contributed by atoms with van der Waals surface area (Å²) in [6, 6.07) is 6.13. The van der Waals surface area contributed by atoms with E-state index in [1.165, 1.54) is 5.57 Å². The van der Waals surface area contributed by atoms with Crippen molar-refractivity contribution in [1.29, 1.82) is 0 Å². The van der Waals surface area contributed by atoms with Crippen LogP contribution < -0.4 is 10.1 Å². The molecule has 7 heteroatoms. The third-order valence-electron chi connectivity index (χ3n) is 8.69. The first kappa shape index (κ1) is 26.9. The second-order valence-corrected chi connectivity index (χ2v) is 12.1. The number of nitrogens with one attached hydrogen (secondary N) is 1. The van der Waals surface area contributed by atoms with Crippen LogP contribution in [0.1, 0.15) is 57.1 Å². The van der Waals surface area contributed by atoms with Crippen molar-refractivity contribution in [1.82, 2.24) is 10.2 Å². The van der Waals surface area contributed by atoms with Gasteiger partial charge in [0.05, 0.1) is 11.6 Å². The summed E-state index contributed by atoms with van der Waals surface area (Å²) in [5, 5.41) is 25.9. The van der Waals surface area contributed by atoms with Gasteiger partial charge in [0, 0.05) is 42.7 Å². The minimum Gasteiger partial charge on any atom is -0.491 e. The second-order valence-electron chi connectivity index (χ2n) is 11.6. The van der Waals surface area contributed by atoms with Crippen LogP contribution in [0, 0.1) is 11.8 Å². The molecule has 1 saturated heterocycles. The molecular formula is C30H40ClFN2O3. The van der Waals surface area contributed by atoms with Crippen LogP contribution in [-0.2, 0) is 5.60 Å². The van der Waals surface area contributed by atoms with E-state index < -0.39 is 17.4 Å². The highest BCUT2D eigenvalue weighted by Crippen LogP contribution is 2.43. The molecule has 0 bridgehead atoms. The topological polar surface area (TPSA) is 65.0 Å². The summed E-state index contributed by atoms with van der Waals surface area (Å²) >= 11 is 6.10. The van der Waals surface area contributed by atoms with Crippen molar-refractivity contribution in [2.45, 2.75) is 69.4 Å². The maximum Gasteiger partial charge on any atom is 0.142 e. The lowest BCUT2D eigenvalue weighted by atomic mass is 9.73. The molecule has 1 aromatic rings. The van der Waals surface area contributed by atoms with Crippen molar-refractivity contribution in [3.63, 3.8) is 0 Å². The Kier molecular flexibility index (Phi) is 7.86. The highest BCUT2D eigenvalue weighted by Gasteiger charge is 2.48. The van der Waals surface area contributed by atoms with Crippen LogP contribution in [0.25, 0.3) is 5.57 Å². The third-order valence-corrected chi connectivity index (χ3v) is 9.03. The number of nitrogens with zero attached hydrogens (tertiary/aromatic N) is 1. The molecule has 0 aromatic heterocycles. The van der Waals surface area contributed by atoms with Gasteiger partial charge in [-0.1, -0.05) is 42.0 Å². The van der Waals surface area contributed by atoms with Crippen LogP contribution in [0.5, 0.6) is 5.75 Å². The van der Waals surface area contributed by atoms with E-state index >= 15 is 4.39 Å². The number of aliphatic hydroxyl groups is 2. The third kappa shape index (κ3) is 5.69. The van der Waals surface area contributed by atoms with E-state index in [0.29, 0.717) is 45.4 Å². The van der Waals surface area contributed by atoms with Gasteiger partial charge in [0.1, 0.15) is 24.1 Å². The zero-order chi connectivity index (χ0) is 26.2. The predicted molar refractivity (Wildman–Crippen MR) is 146 cm³/mol. The average molecular weight is 531 g/mol. The molecule has 3 N–H and O–H groups in total. The molecule has 4 aliphatic rings. The maximum atomic E-state index is 15.9. The first-order valence-electron chi connectivity index (χ1n) is 13.7. The molecule has 5 unspecified atom stereocenters. The van der Waals surface area contributed by atoms with Crippen LogP contribution >= 0.6 is 11.6 Å². The SMILES string of the molecule is CC(C)(O)c1ccc2c(c1)/C(=C/CCN1CCC(F)(C3CC=C(Cl)CC3)C(O)C1)C1C=CCNC1CO2. The molecule has 5 atom stereocenters. The summed E-state index contributed by atoms with van der Waals surface area (Å²) < 4.78 is 22.1. The molecule has 3 aliphatic heterocycles. The van der Waals surface area contributed by atoms with E-state index in [1.54, 1.807) is 13.8 Å². The minimum absolute atomic E-state index is 0.163. The standard InChI is InChI=1S/C30H40ClFN2O3/c1-29(2,36)21-9-12-27-25(17-21)23(24-5-3-14-33-26(24)19-37-27)6-4-15-34-16-13-30(32,28(35)18-34)20-7-10-22(31)11-8-20/h3,5-6,9-10,12,17,20,24,26,28,33,35-36H,4,7-8,11,13-16,18-19H2,1-2H3/b23-6+. The number of alkyl halides is 1. The predicted octanol–water partition coefficient (Wildman–Crippen LogP) is 4.92. The normalized spacial score (nSPS) is 33.8. The van der Waals surface area contributed by atoms with Crippen LogP contribution in [0.4, 0.5) is 4.39 Å². The van der Waals surface area contributed by atoms with Gasteiger partial charge in [-0.2, -0.15) is 0 Å². The number of hydrogen-bond donors (Lipinski definition) is 3. The molecule has 37 heavy (non-hydrogen) atoms. The highest BCUT2D eigenvalue weighted by molar-refractivity contribution is 6.29. The van der Waals surface area contributed by atoms with Crippen molar-refractivity contribution >= 4 is 17.2 Å². The minimum atomic E-state index is -1.54. The Hall–Kier alpha value is -1.70. The summed E-state index contributed by atoms with van der Waals surface area (Å²) in [5.74, 6) is 0.842. The number of fused-ring (bicyclic) bond motifs is 2. The van der Waals surface area contributed by atoms with E-state index in [4.69, 9.17) is 16.3 Å². The Labute approximate surface area is 225 Å². The zero-order valence-corrected chi connectivity index (χ0v) is 22.7. The lowest BCUT2D eigenvalue weighted by Gasteiger charge is -2.45. The fourth-order valence-electron chi connectivity index (χ4n) is 6.35. The highest BCUT2D eigenvalue weighted by atomic mass is 35.5. The number of halogens is 2. The van der Waals surface area contributed by atoms with Crippen molar-refractivity contribution in [2.24, 2.45) is 11.8 Å². The molecule has 3 heterocycles. The smallest absolute Gasteiger partial charge is 0.142 e. The van der Waals surface area contributed by atoms with Crippen molar-refractivity contribution in [3.8, 4) is 5.75 Å². The van der Waals surface area contributed by atoms with Gasteiger partial charge in [-0.15, -0.1) is 0 Å². The number of allylic oxidation sites excluding steroid dienone is 2. The van der Waals surface area contributed by atoms with Crippen LogP contribution in [0.15, 0.2) is 47.5 Å². The molecular weight excluding hydrogens is 491 g/mol. The number of aliphatic hydroxyl groups excluding tert-OH is 1. The largest absolute Gasteiger partial charge is 0.491 e. The molecule has 0 amide bonds. The monoisotopic (exact) mass is 530 g/mol. The van der Waals surface area contributed by atoms with E-state index in [0.717, 1.165) is 41.4 Å².